The number of ether oxygens (including phenoxy) is 1. The molecule has 19 heavy (non-hydrogen) atoms. The topological polar surface area (TPSA) is 83.9 Å². The number of hydrogen-bond acceptors (Lipinski definition) is 4. The van der Waals surface area contributed by atoms with E-state index in [-0.39, 0.29) is 23.8 Å². The lowest BCUT2D eigenvalue weighted by molar-refractivity contribution is -0.130. The van der Waals surface area contributed by atoms with Crippen molar-refractivity contribution in [2.45, 2.75) is 12.8 Å². The number of benzene rings is 1. The number of carbonyl (C=O) groups is 3. The summed E-state index contributed by atoms with van der Waals surface area (Å²) in [6.07, 6.45) is 1.21. The van der Waals surface area contributed by atoms with Crippen LogP contribution in [0.2, 0.25) is 0 Å². The molecule has 1 amide bonds. The van der Waals surface area contributed by atoms with E-state index in [9.17, 15) is 14.4 Å². The quantitative estimate of drug-likeness (QED) is 0.823. The molecule has 2 rings (SSSR count). The molecule has 0 aliphatic carbocycles. The fourth-order valence-electron chi connectivity index (χ4n) is 1.90. The normalized spacial score (nSPS) is 14.5. The molecule has 0 bridgehead atoms. The predicted molar refractivity (Wildman–Crippen MR) is 64.6 cm³/mol. The number of carboxylic acid groups (broad SMARTS) is 1. The molecule has 0 unspecified atom stereocenters. The fraction of sp³-hybridized carbons (Fsp3) is 0.308. The highest BCUT2D eigenvalue weighted by molar-refractivity contribution is 6.02. The zero-order valence-corrected chi connectivity index (χ0v) is 10.2. The molecule has 1 N–H and O–H groups in total. The Labute approximate surface area is 109 Å². The predicted octanol–water partition coefficient (Wildman–Crippen LogP) is 1.12. The Morgan fingerprint density at radius 3 is 2.53 bits per heavy atom. The molecular formula is C13H13NO5. The van der Waals surface area contributed by atoms with E-state index in [1.54, 1.807) is 6.07 Å². The van der Waals surface area contributed by atoms with Gasteiger partial charge in [-0.15, -0.1) is 0 Å². The number of carbonyl (C=O) groups excluding carboxylic acids is 2. The molecule has 1 aliphatic rings. The summed E-state index contributed by atoms with van der Waals surface area (Å²) >= 11 is 0. The Kier molecular flexibility index (Phi) is 3.79. The Morgan fingerprint density at radius 1 is 1.26 bits per heavy atom. The van der Waals surface area contributed by atoms with Crippen molar-refractivity contribution in [2.24, 2.45) is 0 Å². The molecule has 0 aromatic heterocycles. The summed E-state index contributed by atoms with van der Waals surface area (Å²) in [4.78, 5) is 35.5. The lowest BCUT2D eigenvalue weighted by Crippen LogP contribution is -2.29. The van der Waals surface area contributed by atoms with Gasteiger partial charge in [0.25, 0.3) is 0 Å². The first kappa shape index (κ1) is 13.1. The highest BCUT2D eigenvalue weighted by atomic mass is 16.5. The minimum absolute atomic E-state index is 0.0124. The summed E-state index contributed by atoms with van der Waals surface area (Å²) in [6.45, 7) is 0.429. The molecule has 1 aromatic rings. The van der Waals surface area contributed by atoms with Crippen LogP contribution in [0.25, 0.3) is 0 Å². The third-order valence-electron chi connectivity index (χ3n) is 2.90. The third kappa shape index (κ3) is 2.90. The van der Waals surface area contributed by atoms with Crippen LogP contribution >= 0.6 is 0 Å². The molecule has 6 nitrogen and oxygen atoms in total. The monoisotopic (exact) mass is 263 g/mol. The van der Waals surface area contributed by atoms with Crippen LogP contribution in [0.1, 0.15) is 33.6 Å². The van der Waals surface area contributed by atoms with E-state index in [0.29, 0.717) is 13.0 Å². The largest absolute Gasteiger partial charge is 0.478 e. The van der Waals surface area contributed by atoms with Crippen molar-refractivity contribution in [2.75, 3.05) is 13.3 Å². The highest BCUT2D eigenvalue weighted by Gasteiger charge is 2.22. The van der Waals surface area contributed by atoms with Crippen molar-refractivity contribution in [3.63, 3.8) is 0 Å². The second-order valence-corrected chi connectivity index (χ2v) is 4.17. The van der Waals surface area contributed by atoms with E-state index in [4.69, 9.17) is 9.84 Å². The van der Waals surface area contributed by atoms with E-state index >= 15 is 0 Å². The second kappa shape index (κ2) is 5.51. The summed E-state index contributed by atoms with van der Waals surface area (Å²) in [5.74, 6) is -1.98. The molecule has 1 saturated heterocycles. The number of rotatable bonds is 4. The fourth-order valence-corrected chi connectivity index (χ4v) is 1.90. The number of hydrogen-bond donors (Lipinski definition) is 1. The van der Waals surface area contributed by atoms with E-state index < -0.39 is 11.9 Å². The van der Waals surface area contributed by atoms with Crippen molar-refractivity contribution in [3.05, 3.63) is 35.4 Å². The van der Waals surface area contributed by atoms with Crippen LogP contribution < -0.4 is 0 Å². The first-order chi connectivity index (χ1) is 9.09. The maximum absolute atomic E-state index is 11.8. The first-order valence-corrected chi connectivity index (χ1v) is 5.87. The number of amides is 1. The van der Waals surface area contributed by atoms with Crippen molar-refractivity contribution >= 4 is 17.8 Å². The molecular weight excluding hydrogens is 250 g/mol. The molecule has 1 heterocycles. The van der Waals surface area contributed by atoms with Gasteiger partial charge in [0.15, 0.2) is 6.73 Å². The third-order valence-corrected chi connectivity index (χ3v) is 2.90. The summed E-state index contributed by atoms with van der Waals surface area (Å²) in [5.41, 5.74) is -0.123. The van der Waals surface area contributed by atoms with Gasteiger partial charge in [0.1, 0.15) is 0 Å². The molecule has 1 aliphatic heterocycles. The van der Waals surface area contributed by atoms with E-state index in [2.05, 4.69) is 0 Å². The smallest absolute Gasteiger partial charge is 0.340 e. The average molecular weight is 263 g/mol. The van der Waals surface area contributed by atoms with E-state index in [0.717, 1.165) is 6.42 Å². The summed E-state index contributed by atoms with van der Waals surface area (Å²) in [6, 6.07) is 5.81. The van der Waals surface area contributed by atoms with Gasteiger partial charge in [0.05, 0.1) is 11.1 Å². The number of nitrogens with zero attached hydrogens (tertiary/aromatic N) is 1. The number of aromatic carboxylic acids is 1. The molecule has 1 fully saturated rings. The van der Waals surface area contributed by atoms with Gasteiger partial charge in [-0.25, -0.2) is 9.59 Å². The van der Waals surface area contributed by atoms with Crippen LogP contribution in [0.15, 0.2) is 24.3 Å². The molecule has 0 atom stereocenters. The van der Waals surface area contributed by atoms with Crippen molar-refractivity contribution in [1.82, 2.24) is 4.90 Å². The SMILES string of the molecule is O=C(O)c1ccccc1C(=O)OCN1CCCC1=O. The zero-order chi connectivity index (χ0) is 13.8. The molecule has 100 valence electrons. The molecule has 0 radical (unpaired) electrons. The number of carboxylic acids is 1. The zero-order valence-electron chi connectivity index (χ0n) is 10.2. The summed E-state index contributed by atoms with van der Waals surface area (Å²) < 4.78 is 4.98. The highest BCUT2D eigenvalue weighted by Crippen LogP contribution is 2.13. The van der Waals surface area contributed by atoms with Crippen LogP contribution in [-0.4, -0.2) is 41.1 Å². The van der Waals surface area contributed by atoms with Gasteiger partial charge in [-0.05, 0) is 18.6 Å². The Balaban J connectivity index is 2.04. The van der Waals surface area contributed by atoms with Gasteiger partial charge < -0.3 is 14.7 Å². The molecule has 0 spiro atoms. The Hall–Kier alpha value is -2.37. The van der Waals surface area contributed by atoms with Crippen LogP contribution in [0, 0.1) is 0 Å². The minimum Gasteiger partial charge on any atom is -0.478 e. The maximum Gasteiger partial charge on any atom is 0.340 e. The molecule has 0 saturated carbocycles. The van der Waals surface area contributed by atoms with Gasteiger partial charge in [-0.1, -0.05) is 12.1 Å². The van der Waals surface area contributed by atoms with E-state index in [1.807, 2.05) is 0 Å². The van der Waals surface area contributed by atoms with Crippen LogP contribution in [0.4, 0.5) is 0 Å². The lowest BCUT2D eigenvalue weighted by Gasteiger charge is -2.15. The van der Waals surface area contributed by atoms with Crippen molar-refractivity contribution < 1.29 is 24.2 Å². The van der Waals surface area contributed by atoms with Gasteiger partial charge in [-0.3, -0.25) is 4.79 Å². The number of esters is 1. The van der Waals surface area contributed by atoms with Gasteiger partial charge in [-0.2, -0.15) is 0 Å². The molecule has 6 heteroatoms. The van der Waals surface area contributed by atoms with Crippen LogP contribution in [-0.2, 0) is 9.53 Å². The average Bonchev–Trinajstić information content (AvgIpc) is 2.81. The van der Waals surface area contributed by atoms with Crippen molar-refractivity contribution in [3.8, 4) is 0 Å². The first-order valence-electron chi connectivity index (χ1n) is 5.87. The Bertz CT molecular complexity index is 526. The standard InChI is InChI=1S/C13H13NO5/c15-11-6-3-7-14(11)8-19-13(18)10-5-2-1-4-9(10)12(16)17/h1-2,4-5H,3,6-8H2,(H,16,17). The summed E-state index contributed by atoms with van der Waals surface area (Å²) in [5, 5.41) is 8.96. The lowest BCUT2D eigenvalue weighted by atomic mass is 10.1. The number of likely N-dealkylation sites (tertiary alicyclic amines) is 1. The van der Waals surface area contributed by atoms with Gasteiger partial charge in [0.2, 0.25) is 5.91 Å². The van der Waals surface area contributed by atoms with Crippen LogP contribution in [0.3, 0.4) is 0 Å². The second-order valence-electron chi connectivity index (χ2n) is 4.17. The van der Waals surface area contributed by atoms with Gasteiger partial charge >= 0.3 is 11.9 Å². The Morgan fingerprint density at radius 2 is 1.95 bits per heavy atom. The molecule has 1 aromatic carbocycles. The van der Waals surface area contributed by atoms with E-state index in [1.165, 1.54) is 23.1 Å². The van der Waals surface area contributed by atoms with Crippen LogP contribution in [0.5, 0.6) is 0 Å². The maximum atomic E-state index is 11.8. The summed E-state index contributed by atoms with van der Waals surface area (Å²) in [7, 11) is 0. The van der Waals surface area contributed by atoms with Crippen molar-refractivity contribution in [1.29, 1.82) is 0 Å². The van der Waals surface area contributed by atoms with Gasteiger partial charge in [0, 0.05) is 13.0 Å². The minimum atomic E-state index is -1.19.